The lowest BCUT2D eigenvalue weighted by molar-refractivity contribution is -0.112. The summed E-state index contributed by atoms with van der Waals surface area (Å²) in [4.78, 5) is 28.4. The maximum Gasteiger partial charge on any atom is 0.341 e. The number of anilines is 2. The molecule has 3 aromatic rings. The van der Waals surface area contributed by atoms with Crippen molar-refractivity contribution in [2.45, 2.75) is 34.6 Å². The Morgan fingerprint density at radius 1 is 1.17 bits per heavy atom. The van der Waals surface area contributed by atoms with E-state index < -0.39 is 11.9 Å². The zero-order chi connectivity index (χ0) is 25.9. The Balaban J connectivity index is 1.93. The molecule has 7 nitrogen and oxygen atoms in total. The van der Waals surface area contributed by atoms with Crippen LogP contribution in [0.15, 0.2) is 35.9 Å². The maximum absolute atomic E-state index is 13.0. The number of nitrogens with one attached hydrogen (secondary N) is 1. The number of hydrogen-bond donors (Lipinski definition) is 1. The number of nitrogens with zero attached hydrogens (tertiary/aromatic N) is 3. The molecule has 0 saturated carbocycles. The van der Waals surface area contributed by atoms with E-state index in [4.69, 9.17) is 4.74 Å². The van der Waals surface area contributed by atoms with Crippen LogP contribution in [-0.4, -0.2) is 37.1 Å². The number of aromatic nitrogens is 1. The maximum atomic E-state index is 13.0. The second-order valence-electron chi connectivity index (χ2n) is 8.40. The minimum atomic E-state index is -0.570. The van der Waals surface area contributed by atoms with Gasteiger partial charge in [0.05, 0.1) is 12.2 Å². The van der Waals surface area contributed by atoms with Crippen molar-refractivity contribution >= 4 is 40.0 Å². The number of thiophene rings is 1. The van der Waals surface area contributed by atoms with E-state index in [2.05, 4.69) is 9.88 Å². The predicted octanol–water partition coefficient (Wildman–Crippen LogP) is 5.56. The van der Waals surface area contributed by atoms with Crippen molar-refractivity contribution in [3.63, 3.8) is 0 Å². The van der Waals surface area contributed by atoms with Gasteiger partial charge in [-0.3, -0.25) is 4.79 Å². The molecule has 0 unspecified atom stereocenters. The van der Waals surface area contributed by atoms with E-state index in [0.717, 1.165) is 38.8 Å². The molecular weight excluding hydrogens is 460 g/mol. The number of hydrogen-bond acceptors (Lipinski definition) is 6. The van der Waals surface area contributed by atoms with Gasteiger partial charge in [0, 0.05) is 41.7 Å². The van der Waals surface area contributed by atoms with Crippen molar-refractivity contribution in [3.05, 3.63) is 68.9 Å². The Kier molecular flexibility index (Phi) is 7.82. The summed E-state index contributed by atoms with van der Waals surface area (Å²) >= 11 is 1.29. The van der Waals surface area contributed by atoms with E-state index in [-0.39, 0.29) is 12.2 Å². The first-order valence-electron chi connectivity index (χ1n) is 11.3. The smallest absolute Gasteiger partial charge is 0.341 e. The van der Waals surface area contributed by atoms with Crippen molar-refractivity contribution in [2.24, 2.45) is 0 Å². The van der Waals surface area contributed by atoms with Gasteiger partial charge in [0.1, 0.15) is 16.6 Å². The summed E-state index contributed by atoms with van der Waals surface area (Å²) in [5, 5.41) is 12.9. The summed E-state index contributed by atoms with van der Waals surface area (Å²) in [6.07, 6.45) is 1.58. The number of carbonyl (C=O) groups is 2. The first-order chi connectivity index (χ1) is 16.6. The average molecular weight is 491 g/mol. The Morgan fingerprint density at radius 2 is 1.83 bits per heavy atom. The lowest BCUT2D eigenvalue weighted by atomic mass is 10.1. The lowest BCUT2D eigenvalue weighted by Crippen LogP contribution is -2.16. The quantitative estimate of drug-likeness (QED) is 0.266. The summed E-state index contributed by atoms with van der Waals surface area (Å²) in [5.74, 6) is -1.06. The molecule has 0 aliphatic heterocycles. The number of ether oxygens (including phenoxy) is 1. The first kappa shape index (κ1) is 25.8. The molecule has 1 amide bonds. The molecule has 0 fully saturated rings. The van der Waals surface area contributed by atoms with Gasteiger partial charge in [0.15, 0.2) is 0 Å². The fraction of sp³-hybridized carbons (Fsp3) is 0.296. The van der Waals surface area contributed by atoms with E-state index in [1.165, 1.54) is 11.3 Å². The Hall–Kier alpha value is -3.83. The molecular formula is C27H30N4O3S. The van der Waals surface area contributed by atoms with Crippen LogP contribution in [0.5, 0.6) is 0 Å². The molecule has 35 heavy (non-hydrogen) atoms. The third kappa shape index (κ3) is 5.31. The molecule has 8 heteroatoms. The van der Waals surface area contributed by atoms with Crippen molar-refractivity contribution in [1.29, 1.82) is 5.26 Å². The topological polar surface area (TPSA) is 87.4 Å². The summed E-state index contributed by atoms with van der Waals surface area (Å²) in [7, 11) is 3.99. The summed E-state index contributed by atoms with van der Waals surface area (Å²) in [6.45, 7) is 9.59. The number of esters is 1. The highest BCUT2D eigenvalue weighted by Gasteiger charge is 2.23. The van der Waals surface area contributed by atoms with Crippen LogP contribution in [0.2, 0.25) is 0 Å². The molecule has 2 heterocycles. The predicted molar refractivity (Wildman–Crippen MR) is 142 cm³/mol. The SMILES string of the molecule is CCOC(=O)c1c(NC(=O)/C(C#N)=C\c2cc(C)n(-c3ccc(N(C)C)cc3)c2C)sc(C)c1C. The second-order valence-corrected chi connectivity index (χ2v) is 9.63. The van der Waals surface area contributed by atoms with Crippen molar-refractivity contribution in [3.8, 4) is 11.8 Å². The van der Waals surface area contributed by atoms with Gasteiger partial charge in [-0.1, -0.05) is 0 Å². The van der Waals surface area contributed by atoms with Gasteiger partial charge in [0.25, 0.3) is 5.91 Å². The second kappa shape index (κ2) is 10.6. The van der Waals surface area contributed by atoms with Crippen LogP contribution >= 0.6 is 11.3 Å². The monoisotopic (exact) mass is 490 g/mol. The van der Waals surface area contributed by atoms with E-state index in [9.17, 15) is 14.9 Å². The molecule has 2 aromatic heterocycles. The molecule has 0 aliphatic rings. The molecule has 182 valence electrons. The minimum absolute atomic E-state index is 0.0493. The van der Waals surface area contributed by atoms with Gasteiger partial charge in [0.2, 0.25) is 0 Å². The normalized spacial score (nSPS) is 11.2. The third-order valence-electron chi connectivity index (χ3n) is 5.85. The molecule has 1 N–H and O–H groups in total. The number of carbonyl (C=O) groups excluding carboxylic acids is 2. The number of nitriles is 1. The van der Waals surface area contributed by atoms with E-state index in [1.807, 2.05) is 83.1 Å². The number of amides is 1. The standard InChI is InChI=1S/C27H30N4O3S/c1-8-34-27(33)24-17(3)19(5)35-26(24)29-25(32)21(15-28)14-20-13-16(2)31(18(20)4)23-11-9-22(10-12-23)30(6)7/h9-14H,8H2,1-7H3,(H,29,32)/b21-14-. The number of aryl methyl sites for hydroxylation is 2. The van der Waals surface area contributed by atoms with Gasteiger partial charge in [-0.2, -0.15) is 5.26 Å². The van der Waals surface area contributed by atoms with Crippen molar-refractivity contribution in [1.82, 2.24) is 4.57 Å². The fourth-order valence-corrected chi connectivity index (χ4v) is 4.91. The highest BCUT2D eigenvalue weighted by Crippen LogP contribution is 2.33. The first-order valence-corrected chi connectivity index (χ1v) is 12.1. The van der Waals surface area contributed by atoms with Crippen molar-refractivity contribution < 1.29 is 14.3 Å². The van der Waals surface area contributed by atoms with Crippen LogP contribution in [0.1, 0.15) is 44.7 Å². The Labute approximate surface area is 210 Å². The molecule has 0 spiro atoms. The molecule has 0 saturated heterocycles. The molecule has 0 bridgehead atoms. The van der Waals surface area contributed by atoms with Gasteiger partial charge < -0.3 is 19.5 Å². The summed E-state index contributed by atoms with van der Waals surface area (Å²) < 4.78 is 7.24. The van der Waals surface area contributed by atoms with Crippen molar-refractivity contribution in [2.75, 3.05) is 30.9 Å². The molecule has 3 rings (SSSR count). The zero-order valence-corrected chi connectivity index (χ0v) is 22.0. The largest absolute Gasteiger partial charge is 0.462 e. The van der Waals surface area contributed by atoms with E-state index in [0.29, 0.717) is 10.6 Å². The van der Waals surface area contributed by atoms with E-state index in [1.54, 1.807) is 13.0 Å². The van der Waals surface area contributed by atoms with Gasteiger partial charge >= 0.3 is 5.97 Å². The van der Waals surface area contributed by atoms with Gasteiger partial charge in [-0.15, -0.1) is 11.3 Å². The number of benzene rings is 1. The van der Waals surface area contributed by atoms with Crippen LogP contribution in [0.3, 0.4) is 0 Å². The fourth-order valence-electron chi connectivity index (χ4n) is 3.87. The summed E-state index contributed by atoms with van der Waals surface area (Å²) in [6, 6.07) is 12.1. The lowest BCUT2D eigenvalue weighted by Gasteiger charge is -2.14. The zero-order valence-electron chi connectivity index (χ0n) is 21.1. The van der Waals surface area contributed by atoms with Crippen LogP contribution < -0.4 is 10.2 Å². The molecule has 0 aliphatic carbocycles. The number of rotatable bonds is 7. The van der Waals surface area contributed by atoms with Gasteiger partial charge in [-0.25, -0.2) is 4.79 Å². The Morgan fingerprint density at radius 3 is 2.40 bits per heavy atom. The highest BCUT2D eigenvalue weighted by molar-refractivity contribution is 7.16. The minimum Gasteiger partial charge on any atom is -0.462 e. The molecule has 0 radical (unpaired) electrons. The van der Waals surface area contributed by atoms with Crippen LogP contribution in [0.25, 0.3) is 11.8 Å². The van der Waals surface area contributed by atoms with Gasteiger partial charge in [-0.05, 0) is 82.2 Å². The molecule has 1 aromatic carbocycles. The summed E-state index contributed by atoms with van der Waals surface area (Å²) in [5.41, 5.74) is 5.81. The third-order valence-corrected chi connectivity index (χ3v) is 6.97. The highest BCUT2D eigenvalue weighted by atomic mass is 32.1. The Bertz CT molecular complexity index is 1340. The van der Waals surface area contributed by atoms with E-state index >= 15 is 0 Å². The van der Waals surface area contributed by atoms with Crippen LogP contribution in [0, 0.1) is 39.0 Å². The molecule has 0 atom stereocenters. The van der Waals surface area contributed by atoms with Crippen LogP contribution in [-0.2, 0) is 9.53 Å². The average Bonchev–Trinajstić information content (AvgIpc) is 3.25. The van der Waals surface area contributed by atoms with Crippen LogP contribution in [0.4, 0.5) is 10.7 Å².